The second-order valence-electron chi connectivity index (χ2n) is 5.76. The summed E-state index contributed by atoms with van der Waals surface area (Å²) in [5.41, 5.74) is 1.04. The molecule has 3 rings (SSSR count). The van der Waals surface area contributed by atoms with Crippen LogP contribution in [0, 0.1) is 17.1 Å². The van der Waals surface area contributed by atoms with Crippen molar-refractivity contribution in [3.05, 3.63) is 77.8 Å². The van der Waals surface area contributed by atoms with E-state index in [4.69, 9.17) is 9.15 Å². The molecule has 3 aromatic rings. The number of benzene rings is 2. The molecule has 1 N–H and O–H groups in total. The van der Waals surface area contributed by atoms with E-state index in [1.165, 1.54) is 18.2 Å². The van der Waals surface area contributed by atoms with Gasteiger partial charge >= 0.3 is 0 Å². The second-order valence-corrected chi connectivity index (χ2v) is 5.76. The predicted octanol–water partition coefficient (Wildman–Crippen LogP) is 5.03. The van der Waals surface area contributed by atoms with Gasteiger partial charge in [-0.3, -0.25) is 4.79 Å². The summed E-state index contributed by atoms with van der Waals surface area (Å²) < 4.78 is 24.2. The van der Waals surface area contributed by atoms with Gasteiger partial charge in [0, 0.05) is 11.6 Å². The van der Waals surface area contributed by atoms with Crippen LogP contribution in [0.2, 0.25) is 0 Å². The van der Waals surface area contributed by atoms with Gasteiger partial charge in [-0.25, -0.2) is 4.39 Å². The Hall–Kier alpha value is -3.85. The highest BCUT2D eigenvalue weighted by Crippen LogP contribution is 2.26. The van der Waals surface area contributed by atoms with Crippen molar-refractivity contribution < 1.29 is 18.3 Å². The number of furan rings is 1. The average molecular weight is 376 g/mol. The number of amides is 1. The molecule has 140 valence electrons. The Balaban J connectivity index is 1.80. The largest absolute Gasteiger partial charge is 0.492 e. The molecule has 0 saturated carbocycles. The Morgan fingerprint density at radius 2 is 1.93 bits per heavy atom. The number of nitrogens with zero attached hydrogens (tertiary/aromatic N) is 1. The van der Waals surface area contributed by atoms with Gasteiger partial charge in [-0.05, 0) is 55.5 Å². The standard InChI is InChI=1S/C22H17FN2O3/c1-2-27-21-6-4-3-5-19(21)25-22(26)16(14-24)13-18-11-12-20(28-18)15-7-9-17(23)10-8-15/h3-13H,2H2,1H3,(H,25,26)/b16-13+. The van der Waals surface area contributed by atoms with Crippen LogP contribution in [-0.4, -0.2) is 12.5 Å². The molecule has 0 atom stereocenters. The number of nitrogens with one attached hydrogen (secondary N) is 1. The zero-order valence-corrected chi connectivity index (χ0v) is 15.1. The summed E-state index contributed by atoms with van der Waals surface area (Å²) in [6, 6.07) is 18.0. The average Bonchev–Trinajstić information content (AvgIpc) is 3.17. The molecule has 0 aliphatic rings. The topological polar surface area (TPSA) is 75.3 Å². The van der Waals surface area contributed by atoms with Gasteiger partial charge in [0.05, 0.1) is 12.3 Å². The van der Waals surface area contributed by atoms with E-state index >= 15 is 0 Å². The van der Waals surface area contributed by atoms with E-state index in [1.54, 1.807) is 48.5 Å². The summed E-state index contributed by atoms with van der Waals surface area (Å²) in [6.45, 7) is 2.29. The molecule has 0 spiro atoms. The van der Waals surface area contributed by atoms with Gasteiger partial charge in [0.2, 0.25) is 0 Å². The molecule has 6 heteroatoms. The lowest BCUT2D eigenvalue weighted by Gasteiger charge is -2.10. The zero-order valence-electron chi connectivity index (χ0n) is 15.1. The first-order chi connectivity index (χ1) is 13.6. The lowest BCUT2D eigenvalue weighted by atomic mass is 10.2. The fourth-order valence-corrected chi connectivity index (χ4v) is 2.53. The van der Waals surface area contributed by atoms with Crippen molar-refractivity contribution in [2.45, 2.75) is 6.92 Å². The number of carbonyl (C=O) groups is 1. The Bertz CT molecular complexity index is 1050. The maximum absolute atomic E-state index is 13.0. The molecule has 0 fully saturated rings. The van der Waals surface area contributed by atoms with E-state index in [-0.39, 0.29) is 11.4 Å². The highest BCUT2D eigenvalue weighted by atomic mass is 19.1. The quantitative estimate of drug-likeness (QED) is 0.484. The third-order valence-corrected chi connectivity index (χ3v) is 3.84. The fourth-order valence-electron chi connectivity index (χ4n) is 2.53. The lowest BCUT2D eigenvalue weighted by molar-refractivity contribution is -0.112. The van der Waals surface area contributed by atoms with Crippen LogP contribution in [-0.2, 0) is 4.79 Å². The van der Waals surface area contributed by atoms with Crippen molar-refractivity contribution in [3.63, 3.8) is 0 Å². The van der Waals surface area contributed by atoms with Gasteiger partial charge in [0.15, 0.2) is 0 Å². The number of rotatable bonds is 6. The normalized spacial score (nSPS) is 11.0. The molecule has 1 heterocycles. The molecule has 0 aliphatic heterocycles. The van der Waals surface area contributed by atoms with Crippen LogP contribution in [0.4, 0.5) is 10.1 Å². The number of hydrogen-bond donors (Lipinski definition) is 1. The minimum atomic E-state index is -0.575. The highest BCUT2D eigenvalue weighted by molar-refractivity contribution is 6.10. The van der Waals surface area contributed by atoms with Crippen LogP contribution >= 0.6 is 0 Å². The predicted molar refractivity (Wildman–Crippen MR) is 104 cm³/mol. The lowest BCUT2D eigenvalue weighted by Crippen LogP contribution is -2.14. The first-order valence-corrected chi connectivity index (χ1v) is 8.61. The Kier molecular flexibility index (Phi) is 5.87. The number of carbonyl (C=O) groups excluding carboxylic acids is 1. The summed E-state index contributed by atoms with van der Waals surface area (Å²) in [6.07, 6.45) is 1.35. The van der Waals surface area contributed by atoms with E-state index in [2.05, 4.69) is 5.32 Å². The second kappa shape index (κ2) is 8.69. The molecule has 0 unspecified atom stereocenters. The number of hydrogen-bond acceptors (Lipinski definition) is 4. The van der Waals surface area contributed by atoms with Crippen LogP contribution < -0.4 is 10.1 Å². The molecule has 5 nitrogen and oxygen atoms in total. The molecule has 1 amide bonds. The van der Waals surface area contributed by atoms with Crippen LogP contribution in [0.3, 0.4) is 0 Å². The molecular formula is C22H17FN2O3. The van der Waals surface area contributed by atoms with Crippen molar-refractivity contribution >= 4 is 17.7 Å². The van der Waals surface area contributed by atoms with Crippen molar-refractivity contribution in [2.75, 3.05) is 11.9 Å². The van der Waals surface area contributed by atoms with Crippen molar-refractivity contribution in [1.82, 2.24) is 0 Å². The third kappa shape index (κ3) is 4.46. The SMILES string of the molecule is CCOc1ccccc1NC(=O)/C(C#N)=C/c1ccc(-c2ccc(F)cc2)o1. The van der Waals surface area contributed by atoms with E-state index < -0.39 is 5.91 Å². The van der Waals surface area contributed by atoms with Crippen molar-refractivity contribution in [1.29, 1.82) is 5.26 Å². The van der Waals surface area contributed by atoms with Crippen molar-refractivity contribution in [2.24, 2.45) is 0 Å². The molecular weight excluding hydrogens is 359 g/mol. The smallest absolute Gasteiger partial charge is 0.266 e. The molecule has 0 radical (unpaired) electrons. The summed E-state index contributed by atoms with van der Waals surface area (Å²) in [4.78, 5) is 12.5. The van der Waals surface area contributed by atoms with Crippen LogP contribution in [0.5, 0.6) is 5.75 Å². The number of halogens is 1. The maximum atomic E-state index is 13.0. The Morgan fingerprint density at radius 3 is 2.64 bits per heavy atom. The third-order valence-electron chi connectivity index (χ3n) is 3.84. The number of nitriles is 1. The van der Waals surface area contributed by atoms with Gasteiger partial charge < -0.3 is 14.5 Å². The molecule has 0 bridgehead atoms. The first kappa shape index (κ1) is 18.9. The van der Waals surface area contributed by atoms with Crippen molar-refractivity contribution in [3.8, 4) is 23.1 Å². The van der Waals surface area contributed by atoms with Gasteiger partial charge in [0.25, 0.3) is 5.91 Å². The molecule has 28 heavy (non-hydrogen) atoms. The molecule has 2 aromatic carbocycles. The van der Waals surface area contributed by atoms with Crippen LogP contribution in [0.25, 0.3) is 17.4 Å². The molecule has 0 aliphatic carbocycles. The summed E-state index contributed by atoms with van der Waals surface area (Å²) in [7, 11) is 0. The Morgan fingerprint density at radius 1 is 1.18 bits per heavy atom. The Labute approximate surface area is 161 Å². The number of ether oxygens (including phenoxy) is 1. The van der Waals surface area contributed by atoms with Gasteiger partial charge in [0.1, 0.15) is 34.7 Å². The number of para-hydroxylation sites is 2. The summed E-state index contributed by atoms with van der Waals surface area (Å²) in [5.74, 6) is 0.447. The first-order valence-electron chi connectivity index (χ1n) is 8.61. The van der Waals surface area contributed by atoms with Gasteiger partial charge in [-0.15, -0.1) is 0 Å². The van der Waals surface area contributed by atoms with E-state index in [9.17, 15) is 14.4 Å². The van der Waals surface area contributed by atoms with Crippen LogP contribution in [0.15, 0.2) is 70.7 Å². The molecule has 0 saturated heterocycles. The van der Waals surface area contributed by atoms with E-state index in [1.807, 2.05) is 13.0 Å². The fraction of sp³-hybridized carbons (Fsp3) is 0.0909. The minimum Gasteiger partial charge on any atom is -0.492 e. The van der Waals surface area contributed by atoms with Gasteiger partial charge in [-0.2, -0.15) is 5.26 Å². The molecule has 1 aromatic heterocycles. The minimum absolute atomic E-state index is 0.119. The monoisotopic (exact) mass is 376 g/mol. The number of anilines is 1. The highest BCUT2D eigenvalue weighted by Gasteiger charge is 2.13. The van der Waals surface area contributed by atoms with Crippen LogP contribution in [0.1, 0.15) is 12.7 Å². The van der Waals surface area contributed by atoms with E-state index in [0.717, 1.165) is 0 Å². The zero-order chi connectivity index (χ0) is 19.9. The maximum Gasteiger partial charge on any atom is 0.266 e. The van der Waals surface area contributed by atoms with Gasteiger partial charge in [-0.1, -0.05) is 12.1 Å². The van der Waals surface area contributed by atoms with E-state index in [0.29, 0.717) is 35.1 Å². The summed E-state index contributed by atoms with van der Waals surface area (Å²) >= 11 is 0. The summed E-state index contributed by atoms with van der Waals surface area (Å²) in [5, 5.41) is 12.0.